The van der Waals surface area contributed by atoms with Gasteiger partial charge in [-0.25, -0.2) is 8.42 Å². The lowest BCUT2D eigenvalue weighted by molar-refractivity contribution is -0.120. The summed E-state index contributed by atoms with van der Waals surface area (Å²) in [5.74, 6) is 0.949. The average molecular weight is 375 g/mol. The van der Waals surface area contributed by atoms with E-state index in [1.165, 1.54) is 0 Å². The molecule has 2 aromatic rings. The predicted molar refractivity (Wildman–Crippen MR) is 97.1 cm³/mol. The third-order valence-corrected chi connectivity index (χ3v) is 5.88. The van der Waals surface area contributed by atoms with Crippen LogP contribution in [-0.4, -0.2) is 33.4 Å². The summed E-state index contributed by atoms with van der Waals surface area (Å²) in [5, 5.41) is 2.76. The smallest absolute Gasteiger partial charge is 0.231 e. The highest BCUT2D eigenvalue weighted by Crippen LogP contribution is 2.32. The standard InChI is InChI=1S/C19H21NO5S/c1-14-2-5-16(6-3-14)26(22,23)11-9-19(21)20-10-8-15-4-7-17-18(12-15)25-13-24-17/h2-7,12H,8-11,13H2,1H3,(H,20,21). The number of sulfone groups is 1. The lowest BCUT2D eigenvalue weighted by atomic mass is 10.1. The first-order valence-corrected chi connectivity index (χ1v) is 10.0. The molecule has 0 bridgehead atoms. The molecule has 7 heteroatoms. The Morgan fingerprint density at radius 2 is 1.81 bits per heavy atom. The summed E-state index contributed by atoms with van der Waals surface area (Å²) < 4.78 is 35.1. The van der Waals surface area contributed by atoms with Gasteiger partial charge in [0.1, 0.15) is 0 Å². The van der Waals surface area contributed by atoms with Crippen LogP contribution in [0.5, 0.6) is 11.5 Å². The summed E-state index contributed by atoms with van der Waals surface area (Å²) in [6.45, 7) is 2.55. The highest BCUT2D eigenvalue weighted by molar-refractivity contribution is 7.91. The molecular weight excluding hydrogens is 354 g/mol. The fourth-order valence-electron chi connectivity index (χ4n) is 2.62. The maximum atomic E-state index is 12.2. The molecule has 0 fully saturated rings. The highest BCUT2D eigenvalue weighted by Gasteiger charge is 2.16. The fourth-order valence-corrected chi connectivity index (χ4v) is 3.86. The second kappa shape index (κ2) is 7.78. The van der Waals surface area contributed by atoms with Gasteiger partial charge in [0.05, 0.1) is 10.6 Å². The van der Waals surface area contributed by atoms with Crippen LogP contribution < -0.4 is 14.8 Å². The lowest BCUT2D eigenvalue weighted by Crippen LogP contribution is -2.27. The van der Waals surface area contributed by atoms with Crippen LogP contribution in [0.3, 0.4) is 0 Å². The second-order valence-electron chi connectivity index (χ2n) is 6.17. The Bertz CT molecular complexity index is 891. The maximum absolute atomic E-state index is 12.2. The zero-order valence-electron chi connectivity index (χ0n) is 14.5. The molecule has 0 aromatic heterocycles. The third kappa shape index (κ3) is 4.54. The number of fused-ring (bicyclic) bond motifs is 1. The molecule has 1 heterocycles. The van der Waals surface area contributed by atoms with Crippen LogP contribution in [0.25, 0.3) is 0 Å². The van der Waals surface area contributed by atoms with E-state index in [1.807, 2.05) is 25.1 Å². The van der Waals surface area contributed by atoms with Gasteiger partial charge in [0, 0.05) is 13.0 Å². The van der Waals surface area contributed by atoms with Gasteiger partial charge in [-0.2, -0.15) is 0 Å². The van der Waals surface area contributed by atoms with Crippen LogP contribution in [0.4, 0.5) is 0 Å². The summed E-state index contributed by atoms with van der Waals surface area (Å²) in [5.41, 5.74) is 2.01. The third-order valence-electron chi connectivity index (χ3n) is 4.15. The zero-order chi connectivity index (χ0) is 18.6. The van der Waals surface area contributed by atoms with Gasteiger partial charge in [0.25, 0.3) is 0 Å². The fraction of sp³-hybridized carbons (Fsp3) is 0.316. The molecular formula is C19H21NO5S. The molecule has 2 aromatic carbocycles. The number of carbonyl (C=O) groups excluding carboxylic acids is 1. The van der Waals surface area contributed by atoms with Gasteiger partial charge in [0.15, 0.2) is 21.3 Å². The minimum atomic E-state index is -3.45. The molecule has 26 heavy (non-hydrogen) atoms. The largest absolute Gasteiger partial charge is 0.454 e. The number of ether oxygens (including phenoxy) is 2. The van der Waals surface area contributed by atoms with E-state index in [0.717, 1.165) is 16.9 Å². The Balaban J connectivity index is 1.45. The molecule has 1 aliphatic heterocycles. The molecule has 0 saturated heterocycles. The number of amides is 1. The number of aryl methyl sites for hydroxylation is 1. The van der Waals surface area contributed by atoms with Crippen LogP contribution in [0.1, 0.15) is 17.5 Å². The van der Waals surface area contributed by atoms with E-state index in [4.69, 9.17) is 9.47 Å². The minimum Gasteiger partial charge on any atom is -0.454 e. The Hall–Kier alpha value is -2.54. The van der Waals surface area contributed by atoms with Crippen molar-refractivity contribution < 1.29 is 22.7 Å². The minimum absolute atomic E-state index is 0.0582. The molecule has 3 rings (SSSR count). The van der Waals surface area contributed by atoms with Crippen LogP contribution in [-0.2, 0) is 21.1 Å². The Kier molecular flexibility index (Phi) is 5.46. The van der Waals surface area contributed by atoms with Crippen molar-refractivity contribution in [3.8, 4) is 11.5 Å². The summed E-state index contributed by atoms with van der Waals surface area (Å²) in [4.78, 5) is 12.2. The number of benzene rings is 2. The van der Waals surface area contributed by atoms with Crippen molar-refractivity contribution in [2.24, 2.45) is 0 Å². The number of rotatable bonds is 7. The summed E-state index contributed by atoms with van der Waals surface area (Å²) >= 11 is 0. The van der Waals surface area contributed by atoms with Crippen molar-refractivity contribution in [1.82, 2.24) is 5.32 Å². The van der Waals surface area contributed by atoms with Gasteiger partial charge >= 0.3 is 0 Å². The first-order chi connectivity index (χ1) is 12.4. The van der Waals surface area contributed by atoms with Gasteiger partial charge in [-0.3, -0.25) is 4.79 Å². The van der Waals surface area contributed by atoms with Crippen molar-refractivity contribution >= 4 is 15.7 Å². The Morgan fingerprint density at radius 3 is 2.58 bits per heavy atom. The number of hydrogen-bond acceptors (Lipinski definition) is 5. The molecule has 6 nitrogen and oxygen atoms in total. The van der Waals surface area contributed by atoms with E-state index in [1.54, 1.807) is 24.3 Å². The van der Waals surface area contributed by atoms with Crippen molar-refractivity contribution in [2.45, 2.75) is 24.7 Å². The second-order valence-corrected chi connectivity index (χ2v) is 8.28. The van der Waals surface area contributed by atoms with Crippen LogP contribution in [0, 0.1) is 6.92 Å². The van der Waals surface area contributed by atoms with E-state index >= 15 is 0 Å². The van der Waals surface area contributed by atoms with Crippen molar-refractivity contribution in [1.29, 1.82) is 0 Å². The molecule has 1 aliphatic rings. The molecule has 0 saturated carbocycles. The van der Waals surface area contributed by atoms with Gasteiger partial charge in [0.2, 0.25) is 12.7 Å². The number of hydrogen-bond donors (Lipinski definition) is 1. The maximum Gasteiger partial charge on any atom is 0.231 e. The number of carbonyl (C=O) groups is 1. The van der Waals surface area contributed by atoms with Crippen LogP contribution in [0.2, 0.25) is 0 Å². The number of nitrogens with one attached hydrogen (secondary N) is 1. The summed E-state index contributed by atoms with van der Waals surface area (Å²) in [6, 6.07) is 12.3. The average Bonchev–Trinajstić information content (AvgIpc) is 3.08. The van der Waals surface area contributed by atoms with E-state index in [0.29, 0.717) is 18.7 Å². The van der Waals surface area contributed by atoms with Gasteiger partial charge < -0.3 is 14.8 Å². The first-order valence-electron chi connectivity index (χ1n) is 8.39. The van der Waals surface area contributed by atoms with Crippen molar-refractivity contribution in [3.63, 3.8) is 0 Å². The highest BCUT2D eigenvalue weighted by atomic mass is 32.2. The van der Waals surface area contributed by atoms with E-state index < -0.39 is 9.84 Å². The summed E-state index contributed by atoms with van der Waals surface area (Å²) in [7, 11) is -3.45. The lowest BCUT2D eigenvalue weighted by Gasteiger charge is -2.07. The SMILES string of the molecule is Cc1ccc(S(=O)(=O)CCC(=O)NCCc2ccc3c(c2)OCO3)cc1. The van der Waals surface area contributed by atoms with Crippen molar-refractivity contribution in [3.05, 3.63) is 53.6 Å². The molecule has 0 atom stereocenters. The molecule has 1 N–H and O–H groups in total. The Labute approximate surface area is 153 Å². The quantitative estimate of drug-likeness (QED) is 0.803. The Morgan fingerprint density at radius 1 is 1.08 bits per heavy atom. The molecule has 0 spiro atoms. The van der Waals surface area contributed by atoms with E-state index in [9.17, 15) is 13.2 Å². The summed E-state index contributed by atoms with van der Waals surface area (Å²) in [6.07, 6.45) is 0.574. The van der Waals surface area contributed by atoms with Gasteiger partial charge in [-0.05, 0) is 43.2 Å². The normalized spacial score (nSPS) is 12.8. The molecule has 0 aliphatic carbocycles. The topological polar surface area (TPSA) is 81.7 Å². The molecule has 138 valence electrons. The predicted octanol–water partition coefficient (Wildman–Crippen LogP) is 2.25. The molecule has 1 amide bonds. The molecule has 0 radical (unpaired) electrons. The van der Waals surface area contributed by atoms with Gasteiger partial charge in [-0.1, -0.05) is 23.8 Å². The van der Waals surface area contributed by atoms with Crippen LogP contribution >= 0.6 is 0 Å². The van der Waals surface area contributed by atoms with Crippen molar-refractivity contribution in [2.75, 3.05) is 19.1 Å². The van der Waals surface area contributed by atoms with Crippen LogP contribution in [0.15, 0.2) is 47.4 Å². The molecule has 0 unspecified atom stereocenters. The van der Waals surface area contributed by atoms with E-state index in [2.05, 4.69) is 5.32 Å². The first kappa shape index (κ1) is 18.3. The van der Waals surface area contributed by atoms with Gasteiger partial charge in [-0.15, -0.1) is 0 Å². The zero-order valence-corrected chi connectivity index (χ0v) is 15.3. The monoisotopic (exact) mass is 375 g/mol. The van der Waals surface area contributed by atoms with E-state index in [-0.39, 0.29) is 29.8 Å².